The van der Waals surface area contributed by atoms with Crippen LogP contribution in [0.1, 0.15) is 58.8 Å². The van der Waals surface area contributed by atoms with Gasteiger partial charge in [0, 0.05) is 44.2 Å². The van der Waals surface area contributed by atoms with Gasteiger partial charge in [0.05, 0.1) is 5.92 Å². The van der Waals surface area contributed by atoms with Crippen LogP contribution in [-0.4, -0.2) is 65.2 Å². The third-order valence-electron chi connectivity index (χ3n) is 5.96. The van der Waals surface area contributed by atoms with Crippen LogP contribution in [0.15, 0.2) is 9.98 Å². The van der Waals surface area contributed by atoms with E-state index in [1.807, 2.05) is 16.7 Å². The van der Waals surface area contributed by atoms with E-state index in [2.05, 4.69) is 9.98 Å². The summed E-state index contributed by atoms with van der Waals surface area (Å²) in [6.45, 7) is 5.93. The van der Waals surface area contributed by atoms with Crippen molar-refractivity contribution in [1.82, 2.24) is 9.80 Å². The van der Waals surface area contributed by atoms with Crippen molar-refractivity contribution in [3.63, 3.8) is 0 Å². The Balaban J connectivity index is 1.44. The first-order valence-electron chi connectivity index (χ1n) is 10.2. The normalized spacial score (nSPS) is 24.5. The van der Waals surface area contributed by atoms with Gasteiger partial charge in [-0.05, 0) is 33.1 Å². The van der Waals surface area contributed by atoms with Crippen LogP contribution in [0.5, 0.6) is 0 Å². The van der Waals surface area contributed by atoms with E-state index >= 15 is 0 Å². The molecule has 0 aromatic heterocycles. The van der Waals surface area contributed by atoms with Gasteiger partial charge in [-0.25, -0.2) is 4.99 Å². The highest BCUT2D eigenvalue weighted by Gasteiger charge is 2.31. The average Bonchev–Trinajstić information content (AvgIpc) is 2.67. The third-order valence-corrected chi connectivity index (χ3v) is 5.96. The summed E-state index contributed by atoms with van der Waals surface area (Å²) in [5.41, 5.74) is 0.739. The summed E-state index contributed by atoms with van der Waals surface area (Å²) >= 11 is 0. The fourth-order valence-corrected chi connectivity index (χ4v) is 4.32. The zero-order valence-corrected chi connectivity index (χ0v) is 16.4. The van der Waals surface area contributed by atoms with E-state index in [4.69, 9.17) is 0 Å². The third kappa shape index (κ3) is 4.82. The van der Waals surface area contributed by atoms with Gasteiger partial charge in [0.15, 0.2) is 0 Å². The van der Waals surface area contributed by atoms with Gasteiger partial charge in [0.1, 0.15) is 5.84 Å². The maximum Gasteiger partial charge on any atom is 0.256 e. The van der Waals surface area contributed by atoms with Crippen molar-refractivity contribution >= 4 is 29.3 Å². The fraction of sp³-hybridized carbons (Fsp3) is 0.750. The molecular weight excluding hydrogens is 344 g/mol. The van der Waals surface area contributed by atoms with E-state index in [-0.39, 0.29) is 29.6 Å². The van der Waals surface area contributed by atoms with Crippen molar-refractivity contribution in [3.05, 3.63) is 0 Å². The van der Waals surface area contributed by atoms with E-state index in [0.717, 1.165) is 31.4 Å². The van der Waals surface area contributed by atoms with Crippen molar-refractivity contribution in [2.24, 2.45) is 21.8 Å². The summed E-state index contributed by atoms with van der Waals surface area (Å²) in [4.78, 5) is 49.1. The predicted molar refractivity (Wildman–Crippen MR) is 104 cm³/mol. The Hall–Kier alpha value is -2.05. The van der Waals surface area contributed by atoms with Gasteiger partial charge in [0.2, 0.25) is 11.8 Å². The summed E-state index contributed by atoms with van der Waals surface area (Å²) in [7, 11) is 0. The van der Waals surface area contributed by atoms with Crippen LogP contribution in [0.25, 0.3) is 0 Å². The van der Waals surface area contributed by atoms with Crippen LogP contribution in [0.3, 0.4) is 0 Å². The van der Waals surface area contributed by atoms with Gasteiger partial charge in [-0.1, -0.05) is 19.3 Å². The maximum atomic E-state index is 12.6. The van der Waals surface area contributed by atoms with E-state index in [9.17, 15) is 14.4 Å². The van der Waals surface area contributed by atoms with Crippen molar-refractivity contribution < 1.29 is 14.4 Å². The first kappa shape index (κ1) is 19.7. The molecule has 0 radical (unpaired) electrons. The molecule has 1 saturated heterocycles. The van der Waals surface area contributed by atoms with Gasteiger partial charge in [-0.2, -0.15) is 4.99 Å². The minimum Gasteiger partial charge on any atom is -0.339 e. The van der Waals surface area contributed by atoms with E-state index in [1.165, 1.54) is 6.42 Å². The molecule has 2 heterocycles. The monoisotopic (exact) mass is 374 g/mol. The largest absolute Gasteiger partial charge is 0.339 e. The van der Waals surface area contributed by atoms with Crippen LogP contribution in [0, 0.1) is 11.8 Å². The van der Waals surface area contributed by atoms with E-state index < -0.39 is 0 Å². The Morgan fingerprint density at radius 2 is 1.59 bits per heavy atom. The van der Waals surface area contributed by atoms with Crippen LogP contribution >= 0.6 is 0 Å². The van der Waals surface area contributed by atoms with Crippen molar-refractivity contribution in [2.45, 2.75) is 58.8 Å². The summed E-state index contributed by atoms with van der Waals surface area (Å²) in [6, 6.07) is 0. The van der Waals surface area contributed by atoms with E-state index in [1.54, 1.807) is 6.92 Å². The number of nitrogens with zero attached hydrogens (tertiary/aromatic N) is 4. The maximum absolute atomic E-state index is 12.6. The first-order chi connectivity index (χ1) is 13.0. The zero-order valence-electron chi connectivity index (χ0n) is 16.4. The highest BCUT2D eigenvalue weighted by atomic mass is 16.2. The smallest absolute Gasteiger partial charge is 0.256 e. The minimum absolute atomic E-state index is 0.0478. The molecule has 2 fully saturated rings. The topological polar surface area (TPSA) is 82.4 Å². The number of aliphatic imine (C=N–C) groups is 2. The zero-order chi connectivity index (χ0) is 19.4. The van der Waals surface area contributed by atoms with Crippen molar-refractivity contribution in [1.29, 1.82) is 0 Å². The molecule has 27 heavy (non-hydrogen) atoms. The number of amides is 3. The lowest BCUT2D eigenvalue weighted by molar-refractivity contribution is -0.143. The second kappa shape index (κ2) is 8.76. The number of hydrogen-bond acceptors (Lipinski definition) is 4. The molecule has 148 valence electrons. The second-order valence-electron chi connectivity index (χ2n) is 7.88. The quantitative estimate of drug-likeness (QED) is 0.755. The van der Waals surface area contributed by atoms with Gasteiger partial charge < -0.3 is 9.80 Å². The fourth-order valence-electron chi connectivity index (χ4n) is 4.32. The van der Waals surface area contributed by atoms with Crippen molar-refractivity contribution in [3.8, 4) is 0 Å². The highest BCUT2D eigenvalue weighted by molar-refractivity contribution is 6.14. The molecule has 7 nitrogen and oxygen atoms in total. The molecule has 0 spiro atoms. The van der Waals surface area contributed by atoms with Gasteiger partial charge in [0.25, 0.3) is 5.91 Å². The number of piperazine rings is 1. The van der Waals surface area contributed by atoms with Gasteiger partial charge in [-0.3, -0.25) is 14.4 Å². The number of amidine groups is 1. The molecule has 3 amide bonds. The molecule has 0 aromatic carbocycles. The standard InChI is InChI=1S/C20H30N4O3/c1-14-17(19(26)22-15(2)21-14)8-9-18(25)23-10-12-24(13-11-23)20(27)16-6-4-3-5-7-16/h16-17H,3-13H2,1-2H3. The molecular formula is C20H30N4O3. The lowest BCUT2D eigenvalue weighted by Gasteiger charge is -2.37. The van der Waals surface area contributed by atoms with Gasteiger partial charge >= 0.3 is 0 Å². The number of carbonyl (C=O) groups excluding carboxylic acids is 3. The number of rotatable bonds is 4. The molecule has 3 rings (SSSR count). The van der Waals surface area contributed by atoms with Crippen LogP contribution in [0.4, 0.5) is 0 Å². The van der Waals surface area contributed by atoms with Gasteiger partial charge in [-0.15, -0.1) is 0 Å². The second-order valence-corrected chi connectivity index (χ2v) is 7.88. The predicted octanol–water partition coefficient (Wildman–Crippen LogP) is 2.05. The van der Waals surface area contributed by atoms with E-state index in [0.29, 0.717) is 44.9 Å². The molecule has 3 aliphatic rings. The minimum atomic E-state index is -0.383. The molecule has 0 N–H and O–H groups in total. The summed E-state index contributed by atoms with van der Waals surface area (Å²) in [5.74, 6) is 0.409. The highest BCUT2D eigenvalue weighted by Crippen LogP contribution is 2.26. The molecule has 0 aromatic rings. The molecule has 7 heteroatoms. The number of hydrogen-bond donors (Lipinski definition) is 0. The SMILES string of the molecule is CC1=NC(=O)C(CCC(=O)N2CCN(C(=O)C3CCCCC3)CC2)C(C)=N1. The summed E-state index contributed by atoms with van der Waals surface area (Å²) < 4.78 is 0. The summed E-state index contributed by atoms with van der Waals surface area (Å²) in [5, 5.41) is 0. The lowest BCUT2D eigenvalue weighted by Crippen LogP contribution is -2.52. The molecule has 1 atom stereocenters. The molecule has 1 unspecified atom stereocenters. The van der Waals surface area contributed by atoms with Crippen LogP contribution in [0.2, 0.25) is 0 Å². The Bertz CT molecular complexity index is 656. The Kier molecular flexibility index (Phi) is 6.39. The summed E-state index contributed by atoms with van der Waals surface area (Å²) in [6.07, 6.45) is 6.33. The lowest BCUT2D eigenvalue weighted by atomic mass is 9.88. The number of carbonyl (C=O) groups is 3. The van der Waals surface area contributed by atoms with Crippen LogP contribution < -0.4 is 0 Å². The molecule has 2 aliphatic heterocycles. The van der Waals surface area contributed by atoms with Crippen molar-refractivity contribution in [2.75, 3.05) is 26.2 Å². The van der Waals surface area contributed by atoms with Crippen LogP contribution in [-0.2, 0) is 14.4 Å². The molecule has 1 saturated carbocycles. The average molecular weight is 374 g/mol. The molecule has 0 bridgehead atoms. The molecule has 1 aliphatic carbocycles. The Morgan fingerprint density at radius 1 is 0.963 bits per heavy atom. The Morgan fingerprint density at radius 3 is 2.22 bits per heavy atom. The first-order valence-corrected chi connectivity index (χ1v) is 10.2. The Labute approximate surface area is 160 Å².